The van der Waals surface area contributed by atoms with E-state index in [1.165, 1.54) is 0 Å². The van der Waals surface area contributed by atoms with Crippen molar-refractivity contribution in [3.8, 4) is 16.9 Å². The fourth-order valence-electron chi connectivity index (χ4n) is 4.69. The van der Waals surface area contributed by atoms with Crippen LogP contribution in [0.5, 0.6) is 5.75 Å². The van der Waals surface area contributed by atoms with E-state index in [4.69, 9.17) is 10.5 Å². The quantitative estimate of drug-likeness (QED) is 0.362. The Balaban J connectivity index is 1.21. The van der Waals surface area contributed by atoms with Crippen molar-refractivity contribution in [2.24, 2.45) is 7.05 Å². The van der Waals surface area contributed by atoms with Gasteiger partial charge in [0.1, 0.15) is 18.2 Å². The first kappa shape index (κ1) is 26.2. The molecule has 4 aromatic rings. The van der Waals surface area contributed by atoms with Crippen molar-refractivity contribution in [3.63, 3.8) is 0 Å². The number of anilines is 1. The van der Waals surface area contributed by atoms with Crippen LogP contribution in [0, 0.1) is 0 Å². The lowest BCUT2D eigenvalue weighted by atomic mass is 10.1. The van der Waals surface area contributed by atoms with E-state index >= 15 is 0 Å². The minimum absolute atomic E-state index is 0.0558. The third-order valence-electron chi connectivity index (χ3n) is 6.88. The number of fused-ring (bicyclic) bond motifs is 1. The fourth-order valence-corrected chi connectivity index (χ4v) is 4.69. The van der Waals surface area contributed by atoms with E-state index < -0.39 is 0 Å². The standard InChI is InChI=1S/C29H33N7O3/c1-34(2)10-11-39-25-7-6-19-12-21(5-4-20(19)13-25)29(38)36-9-8-24(18-36)33-28(37)26-14-22(15-31-27(26)30)23-16-32-35(3)17-23/h4-7,12-17,24H,8-11,18H2,1-3H3,(H2,30,31)(H,33,37)/t24-/m1/s1. The van der Waals surface area contributed by atoms with Crippen LogP contribution < -0.4 is 15.8 Å². The molecule has 0 aliphatic carbocycles. The first-order valence-electron chi connectivity index (χ1n) is 12.9. The molecule has 3 N–H and O–H groups in total. The molecule has 10 nitrogen and oxygen atoms in total. The summed E-state index contributed by atoms with van der Waals surface area (Å²) in [5, 5.41) is 9.18. The van der Waals surface area contributed by atoms with E-state index in [-0.39, 0.29) is 23.7 Å². The number of nitrogens with zero attached hydrogens (tertiary/aromatic N) is 5. The van der Waals surface area contributed by atoms with Gasteiger partial charge >= 0.3 is 0 Å². The molecule has 0 spiro atoms. The van der Waals surface area contributed by atoms with Crippen molar-refractivity contribution in [3.05, 3.63) is 72.2 Å². The Morgan fingerprint density at radius 1 is 1.10 bits per heavy atom. The van der Waals surface area contributed by atoms with Crippen LogP contribution in [-0.4, -0.2) is 82.8 Å². The summed E-state index contributed by atoms with van der Waals surface area (Å²) in [5.74, 6) is 0.607. The molecule has 0 unspecified atom stereocenters. The normalized spacial score (nSPS) is 15.2. The van der Waals surface area contributed by atoms with E-state index in [1.807, 2.05) is 63.7 Å². The molecule has 3 heterocycles. The lowest BCUT2D eigenvalue weighted by molar-refractivity contribution is 0.0783. The number of ether oxygens (including phenoxy) is 1. The highest BCUT2D eigenvalue weighted by Crippen LogP contribution is 2.25. The highest BCUT2D eigenvalue weighted by molar-refractivity contribution is 6.00. The molecule has 1 aliphatic rings. The smallest absolute Gasteiger partial charge is 0.255 e. The number of nitrogens with one attached hydrogen (secondary N) is 1. The average Bonchev–Trinajstić information content (AvgIpc) is 3.57. The number of carbonyl (C=O) groups is 2. The summed E-state index contributed by atoms with van der Waals surface area (Å²) in [4.78, 5) is 34.4. The second-order valence-electron chi connectivity index (χ2n) is 10.1. The van der Waals surface area contributed by atoms with Gasteiger partial charge in [-0.3, -0.25) is 14.3 Å². The molecular formula is C29H33N7O3. The van der Waals surface area contributed by atoms with Crippen molar-refractivity contribution < 1.29 is 14.3 Å². The molecule has 2 amide bonds. The summed E-state index contributed by atoms with van der Waals surface area (Å²) >= 11 is 0. The number of aromatic nitrogens is 3. The number of rotatable bonds is 8. The lowest BCUT2D eigenvalue weighted by Crippen LogP contribution is -2.38. The molecule has 2 aromatic heterocycles. The number of likely N-dealkylation sites (tertiary alicyclic amines) is 1. The molecule has 202 valence electrons. The fraction of sp³-hybridized carbons (Fsp3) is 0.310. The first-order chi connectivity index (χ1) is 18.8. The van der Waals surface area contributed by atoms with Crippen LogP contribution in [0.25, 0.3) is 21.9 Å². The van der Waals surface area contributed by atoms with Gasteiger partial charge in [0.25, 0.3) is 11.8 Å². The molecular weight excluding hydrogens is 494 g/mol. The number of benzene rings is 2. The van der Waals surface area contributed by atoms with Gasteiger partial charge in [0.15, 0.2) is 0 Å². The van der Waals surface area contributed by atoms with Gasteiger partial charge in [-0.1, -0.05) is 12.1 Å². The van der Waals surface area contributed by atoms with Gasteiger partial charge < -0.3 is 25.6 Å². The molecule has 0 bridgehead atoms. The summed E-state index contributed by atoms with van der Waals surface area (Å²) in [5.41, 5.74) is 8.55. The van der Waals surface area contributed by atoms with E-state index in [0.717, 1.165) is 34.2 Å². The second-order valence-corrected chi connectivity index (χ2v) is 10.1. The van der Waals surface area contributed by atoms with Gasteiger partial charge in [0.2, 0.25) is 0 Å². The maximum absolute atomic E-state index is 13.3. The first-order valence-corrected chi connectivity index (χ1v) is 12.9. The van der Waals surface area contributed by atoms with Gasteiger partial charge in [-0.25, -0.2) is 4.98 Å². The zero-order chi connectivity index (χ0) is 27.5. The van der Waals surface area contributed by atoms with Crippen molar-refractivity contribution >= 4 is 28.4 Å². The van der Waals surface area contributed by atoms with Crippen LogP contribution in [0.2, 0.25) is 0 Å². The number of nitrogens with two attached hydrogens (primary N) is 1. The van der Waals surface area contributed by atoms with E-state index in [0.29, 0.717) is 37.2 Å². The Morgan fingerprint density at radius 2 is 1.90 bits per heavy atom. The Kier molecular flexibility index (Phi) is 7.47. The molecule has 0 radical (unpaired) electrons. The number of carbonyl (C=O) groups excluding carboxylic acids is 2. The SMILES string of the molecule is CN(C)CCOc1ccc2cc(C(=O)N3CC[C@@H](NC(=O)c4cc(-c5cnn(C)c5)cnc4N)C3)ccc2c1. The third-order valence-corrected chi connectivity index (χ3v) is 6.88. The molecule has 1 atom stereocenters. The Labute approximate surface area is 227 Å². The number of nitrogen functional groups attached to an aromatic ring is 1. The predicted octanol–water partition coefficient (Wildman–Crippen LogP) is 2.80. The summed E-state index contributed by atoms with van der Waals surface area (Å²) in [6.45, 7) is 2.44. The van der Waals surface area contributed by atoms with Gasteiger partial charge in [-0.05, 0) is 61.6 Å². The molecule has 1 saturated heterocycles. The van der Waals surface area contributed by atoms with Crippen LogP contribution in [-0.2, 0) is 7.05 Å². The Morgan fingerprint density at radius 3 is 2.67 bits per heavy atom. The second kappa shape index (κ2) is 11.1. The van der Waals surface area contributed by atoms with Crippen molar-refractivity contribution in [2.75, 3.05) is 46.1 Å². The van der Waals surface area contributed by atoms with Crippen LogP contribution in [0.1, 0.15) is 27.1 Å². The Hall–Kier alpha value is -4.44. The largest absolute Gasteiger partial charge is 0.492 e. The molecule has 0 saturated carbocycles. The van der Waals surface area contributed by atoms with Crippen molar-refractivity contribution in [1.82, 2.24) is 29.9 Å². The molecule has 2 aromatic carbocycles. The molecule has 1 aliphatic heterocycles. The minimum Gasteiger partial charge on any atom is -0.492 e. The number of hydrogen-bond donors (Lipinski definition) is 2. The van der Waals surface area contributed by atoms with Gasteiger partial charge in [0.05, 0.1) is 11.8 Å². The van der Waals surface area contributed by atoms with Crippen LogP contribution in [0.15, 0.2) is 61.1 Å². The average molecular weight is 528 g/mol. The topological polar surface area (TPSA) is 119 Å². The third kappa shape index (κ3) is 6.01. The highest BCUT2D eigenvalue weighted by Gasteiger charge is 2.29. The number of amides is 2. The predicted molar refractivity (Wildman–Crippen MR) is 151 cm³/mol. The number of hydrogen-bond acceptors (Lipinski definition) is 7. The monoisotopic (exact) mass is 527 g/mol. The summed E-state index contributed by atoms with van der Waals surface area (Å²) < 4.78 is 7.51. The van der Waals surface area contributed by atoms with Crippen molar-refractivity contribution in [2.45, 2.75) is 12.5 Å². The maximum Gasteiger partial charge on any atom is 0.255 e. The summed E-state index contributed by atoms with van der Waals surface area (Å²) in [7, 11) is 5.84. The van der Waals surface area contributed by atoms with E-state index in [9.17, 15) is 9.59 Å². The molecule has 39 heavy (non-hydrogen) atoms. The zero-order valence-electron chi connectivity index (χ0n) is 22.4. The summed E-state index contributed by atoms with van der Waals surface area (Å²) in [6, 6.07) is 13.1. The van der Waals surface area contributed by atoms with E-state index in [1.54, 1.807) is 28.0 Å². The number of likely N-dealkylation sites (N-methyl/N-ethyl adjacent to an activating group) is 1. The molecule has 5 rings (SSSR count). The number of pyridine rings is 1. The maximum atomic E-state index is 13.3. The van der Waals surface area contributed by atoms with E-state index in [2.05, 4.69) is 20.3 Å². The minimum atomic E-state index is -0.306. The molecule has 1 fully saturated rings. The van der Waals surface area contributed by atoms with Crippen LogP contribution in [0.3, 0.4) is 0 Å². The van der Waals surface area contributed by atoms with Gasteiger partial charge in [0, 0.05) is 61.8 Å². The number of aryl methyl sites for hydroxylation is 1. The Bertz CT molecular complexity index is 1510. The molecule has 10 heteroatoms. The highest BCUT2D eigenvalue weighted by atomic mass is 16.5. The van der Waals surface area contributed by atoms with Crippen LogP contribution >= 0.6 is 0 Å². The van der Waals surface area contributed by atoms with Crippen molar-refractivity contribution in [1.29, 1.82) is 0 Å². The van der Waals surface area contributed by atoms with Gasteiger partial charge in [-0.15, -0.1) is 0 Å². The van der Waals surface area contributed by atoms with Gasteiger partial charge in [-0.2, -0.15) is 5.10 Å². The zero-order valence-corrected chi connectivity index (χ0v) is 22.4. The lowest BCUT2D eigenvalue weighted by Gasteiger charge is -2.18. The van der Waals surface area contributed by atoms with Crippen LogP contribution in [0.4, 0.5) is 5.82 Å². The summed E-state index contributed by atoms with van der Waals surface area (Å²) in [6.07, 6.45) is 5.85.